The minimum atomic E-state index is -3.30. The zero-order chi connectivity index (χ0) is 15.6. The van der Waals surface area contributed by atoms with E-state index in [1.165, 1.54) is 12.3 Å². The van der Waals surface area contributed by atoms with Crippen LogP contribution < -0.4 is 11.1 Å². The van der Waals surface area contributed by atoms with Crippen molar-refractivity contribution in [2.24, 2.45) is 0 Å². The van der Waals surface area contributed by atoms with Gasteiger partial charge in [-0.1, -0.05) is 6.07 Å². The molecule has 3 N–H and O–H groups in total. The zero-order valence-electron chi connectivity index (χ0n) is 12.8. The predicted octanol–water partition coefficient (Wildman–Crippen LogP) is 0.330. The van der Waals surface area contributed by atoms with Gasteiger partial charge in [0.1, 0.15) is 0 Å². The van der Waals surface area contributed by atoms with E-state index in [1.807, 2.05) is 6.07 Å². The van der Waals surface area contributed by atoms with E-state index in [1.54, 1.807) is 6.07 Å². The van der Waals surface area contributed by atoms with Crippen LogP contribution in [0.5, 0.6) is 0 Å². The van der Waals surface area contributed by atoms with Crippen molar-refractivity contribution in [3.8, 4) is 0 Å². The fourth-order valence-electron chi connectivity index (χ4n) is 2.57. The minimum Gasteiger partial charge on any atom is -0.396 e. The van der Waals surface area contributed by atoms with E-state index in [4.69, 9.17) is 5.73 Å². The molecule has 0 amide bonds. The normalized spacial score (nSPS) is 21.4. The Hall–Kier alpha value is -1.31. The van der Waals surface area contributed by atoms with Gasteiger partial charge in [0, 0.05) is 38.5 Å². The second-order valence-electron chi connectivity index (χ2n) is 5.77. The Labute approximate surface area is 126 Å². The fraction of sp³-hybridized carbons (Fsp3) is 0.571. The molecule has 7 heteroatoms. The van der Waals surface area contributed by atoms with E-state index in [0.717, 1.165) is 26.2 Å². The molecule has 1 saturated heterocycles. The summed E-state index contributed by atoms with van der Waals surface area (Å²) in [5, 5.41) is 3.29. The van der Waals surface area contributed by atoms with E-state index in [9.17, 15) is 8.42 Å². The molecule has 118 valence electrons. The van der Waals surface area contributed by atoms with Crippen molar-refractivity contribution in [3.63, 3.8) is 0 Å². The highest BCUT2D eigenvalue weighted by Crippen LogP contribution is 2.26. The Kier molecular flexibility index (Phi) is 4.75. The van der Waals surface area contributed by atoms with Gasteiger partial charge < -0.3 is 16.0 Å². The summed E-state index contributed by atoms with van der Waals surface area (Å²) in [6.45, 7) is 3.81. The predicted molar refractivity (Wildman–Crippen MR) is 86.4 cm³/mol. The summed E-state index contributed by atoms with van der Waals surface area (Å²) in [5.74, 6) is 0. The Morgan fingerprint density at radius 3 is 2.71 bits per heavy atom. The van der Waals surface area contributed by atoms with E-state index in [2.05, 4.69) is 29.2 Å². The molecule has 2 rings (SSSR count). The number of nitrogen functional groups attached to an aromatic ring is 1. The van der Waals surface area contributed by atoms with Gasteiger partial charge >= 0.3 is 0 Å². The first-order chi connectivity index (χ1) is 9.79. The van der Waals surface area contributed by atoms with Gasteiger partial charge in [-0.2, -0.15) is 0 Å². The van der Waals surface area contributed by atoms with E-state index in [0.29, 0.717) is 17.4 Å². The second kappa shape index (κ2) is 6.21. The fourth-order valence-corrected chi connectivity index (χ4v) is 3.41. The largest absolute Gasteiger partial charge is 0.396 e. The lowest BCUT2D eigenvalue weighted by Gasteiger charge is -2.38. The Morgan fingerprint density at radius 1 is 1.33 bits per heavy atom. The summed E-state index contributed by atoms with van der Waals surface area (Å²) >= 11 is 0. The van der Waals surface area contributed by atoms with Gasteiger partial charge in [-0.05, 0) is 26.2 Å². The van der Waals surface area contributed by atoms with Crippen LogP contribution in [0.4, 0.5) is 11.4 Å². The molecule has 1 fully saturated rings. The van der Waals surface area contributed by atoms with Crippen molar-refractivity contribution in [2.75, 3.05) is 57.6 Å². The van der Waals surface area contributed by atoms with Gasteiger partial charge in [0.2, 0.25) is 0 Å². The SMILES string of the molecule is CN1CCN(C)C(CNc2cccc(S(C)(=O)=O)c2N)C1. The van der Waals surface area contributed by atoms with Crippen LogP contribution in [0.3, 0.4) is 0 Å². The van der Waals surface area contributed by atoms with Gasteiger partial charge in [0.25, 0.3) is 0 Å². The van der Waals surface area contributed by atoms with Gasteiger partial charge in [-0.25, -0.2) is 8.42 Å². The number of nitrogens with one attached hydrogen (secondary N) is 1. The third-order valence-corrected chi connectivity index (χ3v) is 5.13. The maximum absolute atomic E-state index is 11.7. The third kappa shape index (κ3) is 3.87. The first-order valence-electron chi connectivity index (χ1n) is 7.00. The molecular formula is C14H24N4O2S. The van der Waals surface area contributed by atoms with Crippen LogP contribution in [0.15, 0.2) is 23.1 Å². The van der Waals surface area contributed by atoms with Crippen molar-refractivity contribution in [1.29, 1.82) is 0 Å². The molecule has 1 aromatic rings. The summed E-state index contributed by atoms with van der Waals surface area (Å²) in [6, 6.07) is 5.45. The maximum atomic E-state index is 11.7. The Morgan fingerprint density at radius 2 is 2.05 bits per heavy atom. The number of para-hydroxylation sites is 1. The molecule has 0 radical (unpaired) electrons. The van der Waals surface area contributed by atoms with Gasteiger partial charge in [-0.15, -0.1) is 0 Å². The number of hydrogen-bond acceptors (Lipinski definition) is 6. The molecule has 1 aliphatic rings. The highest BCUT2D eigenvalue weighted by atomic mass is 32.2. The molecule has 0 aliphatic carbocycles. The maximum Gasteiger partial charge on any atom is 0.177 e. The lowest BCUT2D eigenvalue weighted by molar-refractivity contribution is 0.122. The monoisotopic (exact) mass is 312 g/mol. The van der Waals surface area contributed by atoms with Gasteiger partial charge in [0.15, 0.2) is 9.84 Å². The zero-order valence-corrected chi connectivity index (χ0v) is 13.7. The summed E-state index contributed by atoms with van der Waals surface area (Å²) < 4.78 is 23.4. The molecule has 1 unspecified atom stereocenters. The number of sulfone groups is 1. The molecular weight excluding hydrogens is 288 g/mol. The molecule has 1 aromatic carbocycles. The Balaban J connectivity index is 2.10. The first kappa shape index (κ1) is 16.1. The number of anilines is 2. The van der Waals surface area contributed by atoms with Crippen molar-refractivity contribution in [3.05, 3.63) is 18.2 Å². The quantitative estimate of drug-likeness (QED) is 0.780. The van der Waals surface area contributed by atoms with Crippen LogP contribution in [0, 0.1) is 0 Å². The molecule has 1 atom stereocenters. The highest BCUT2D eigenvalue weighted by molar-refractivity contribution is 7.90. The number of piperazine rings is 1. The molecule has 0 spiro atoms. The van der Waals surface area contributed by atoms with Crippen molar-refractivity contribution in [2.45, 2.75) is 10.9 Å². The summed E-state index contributed by atoms with van der Waals surface area (Å²) in [5.41, 5.74) is 6.96. The average molecular weight is 312 g/mol. The molecule has 6 nitrogen and oxygen atoms in total. The number of likely N-dealkylation sites (N-methyl/N-ethyl adjacent to an activating group) is 2. The molecule has 1 heterocycles. The van der Waals surface area contributed by atoms with Gasteiger partial charge in [0.05, 0.1) is 16.3 Å². The number of nitrogens with zero attached hydrogens (tertiary/aromatic N) is 2. The van der Waals surface area contributed by atoms with Crippen LogP contribution in [0.2, 0.25) is 0 Å². The van der Waals surface area contributed by atoms with E-state index < -0.39 is 9.84 Å². The summed E-state index contributed by atoms with van der Waals surface area (Å²) in [7, 11) is 0.914. The first-order valence-corrected chi connectivity index (χ1v) is 8.89. The summed E-state index contributed by atoms with van der Waals surface area (Å²) in [4.78, 5) is 4.79. The number of rotatable bonds is 4. The lowest BCUT2D eigenvalue weighted by atomic mass is 10.1. The smallest absolute Gasteiger partial charge is 0.177 e. The van der Waals surface area contributed by atoms with Crippen LogP contribution in [-0.4, -0.2) is 70.8 Å². The average Bonchev–Trinajstić information content (AvgIpc) is 2.40. The number of nitrogens with two attached hydrogens (primary N) is 1. The van der Waals surface area contributed by atoms with Crippen molar-refractivity contribution in [1.82, 2.24) is 9.80 Å². The number of hydrogen-bond donors (Lipinski definition) is 2. The highest BCUT2D eigenvalue weighted by Gasteiger charge is 2.22. The van der Waals surface area contributed by atoms with E-state index >= 15 is 0 Å². The van der Waals surface area contributed by atoms with Crippen LogP contribution >= 0.6 is 0 Å². The molecule has 21 heavy (non-hydrogen) atoms. The molecule has 1 aliphatic heterocycles. The lowest BCUT2D eigenvalue weighted by Crippen LogP contribution is -2.52. The van der Waals surface area contributed by atoms with Crippen LogP contribution in [-0.2, 0) is 9.84 Å². The molecule has 0 bridgehead atoms. The van der Waals surface area contributed by atoms with Crippen LogP contribution in [0.25, 0.3) is 0 Å². The number of benzene rings is 1. The third-order valence-electron chi connectivity index (χ3n) is 3.97. The van der Waals surface area contributed by atoms with Crippen LogP contribution in [0.1, 0.15) is 0 Å². The standard InChI is InChI=1S/C14H24N4O2S/c1-17-7-8-18(2)11(10-17)9-16-12-5-4-6-13(14(12)15)21(3,19)20/h4-6,11,16H,7-10,15H2,1-3H3. The second-order valence-corrected chi connectivity index (χ2v) is 7.75. The topological polar surface area (TPSA) is 78.7 Å². The molecule has 0 saturated carbocycles. The minimum absolute atomic E-state index is 0.182. The van der Waals surface area contributed by atoms with E-state index in [-0.39, 0.29) is 4.90 Å². The van der Waals surface area contributed by atoms with Gasteiger partial charge in [-0.3, -0.25) is 4.90 Å². The van der Waals surface area contributed by atoms with Crippen molar-refractivity contribution < 1.29 is 8.42 Å². The Bertz CT molecular complexity index is 603. The van der Waals surface area contributed by atoms with Crippen molar-refractivity contribution >= 4 is 21.2 Å². The summed E-state index contributed by atoms with van der Waals surface area (Å²) in [6.07, 6.45) is 1.17. The molecule has 0 aromatic heterocycles.